The summed E-state index contributed by atoms with van der Waals surface area (Å²) in [6, 6.07) is 19.8. The van der Waals surface area contributed by atoms with E-state index in [4.69, 9.17) is 21.7 Å². The van der Waals surface area contributed by atoms with Crippen molar-refractivity contribution in [3.05, 3.63) is 94.2 Å². The molecule has 2 N–H and O–H groups in total. The second kappa shape index (κ2) is 7.03. The first kappa shape index (κ1) is 17.9. The summed E-state index contributed by atoms with van der Waals surface area (Å²) < 4.78 is 7.78. The SMILES string of the molecule is N=c1c2c(ncn1CCO)Oc1ccc3ccccc3c1[C@H]2c1ccc(Cl)cc1. The molecule has 0 bridgehead atoms. The number of aliphatic hydroxyl groups excluding tert-OH is 1. The lowest BCUT2D eigenvalue weighted by molar-refractivity contribution is 0.271. The maximum absolute atomic E-state index is 9.38. The van der Waals surface area contributed by atoms with E-state index in [0.717, 1.165) is 27.6 Å². The second-order valence-corrected chi connectivity index (χ2v) is 7.45. The standard InChI is InChI=1S/C23H18ClN3O2/c24-16-8-5-15(6-9-16)19-20-17-4-2-1-3-14(17)7-10-18(20)29-23-21(19)22(25)27(11-12-28)13-26-23/h1-10,13,19,25,28H,11-12H2/t19-/m1/s1. The number of rotatable bonds is 3. The lowest BCUT2D eigenvalue weighted by Gasteiger charge is -2.29. The van der Waals surface area contributed by atoms with E-state index in [1.165, 1.54) is 0 Å². The van der Waals surface area contributed by atoms with Crippen LogP contribution >= 0.6 is 11.6 Å². The predicted octanol–water partition coefficient (Wildman–Crippen LogP) is 4.45. The summed E-state index contributed by atoms with van der Waals surface area (Å²) in [7, 11) is 0. The average molecular weight is 404 g/mol. The number of benzene rings is 3. The summed E-state index contributed by atoms with van der Waals surface area (Å²) in [5, 5.41) is 21.0. The van der Waals surface area contributed by atoms with Gasteiger partial charge >= 0.3 is 0 Å². The Bertz CT molecular complexity index is 1280. The minimum atomic E-state index is -0.233. The molecule has 1 aliphatic heterocycles. The quantitative estimate of drug-likeness (QED) is 0.467. The van der Waals surface area contributed by atoms with Crippen molar-refractivity contribution in [1.82, 2.24) is 9.55 Å². The summed E-state index contributed by atoms with van der Waals surface area (Å²) in [5.74, 6) is 0.929. The highest BCUT2D eigenvalue weighted by Crippen LogP contribution is 2.47. The fraction of sp³-hybridized carbons (Fsp3) is 0.130. The monoisotopic (exact) mass is 403 g/mol. The molecule has 0 radical (unpaired) electrons. The highest BCUT2D eigenvalue weighted by Gasteiger charge is 2.33. The Kier molecular flexibility index (Phi) is 4.34. The predicted molar refractivity (Wildman–Crippen MR) is 112 cm³/mol. The molecule has 1 atom stereocenters. The molecule has 1 aromatic heterocycles. The van der Waals surface area contributed by atoms with Crippen molar-refractivity contribution in [3.63, 3.8) is 0 Å². The Balaban J connectivity index is 1.85. The number of aromatic nitrogens is 2. The molecular weight excluding hydrogens is 386 g/mol. The maximum Gasteiger partial charge on any atom is 0.228 e. The van der Waals surface area contributed by atoms with E-state index in [9.17, 15) is 5.11 Å². The molecule has 0 spiro atoms. The molecule has 0 fully saturated rings. The van der Waals surface area contributed by atoms with E-state index in [1.54, 1.807) is 10.9 Å². The van der Waals surface area contributed by atoms with Crippen LogP contribution in [-0.2, 0) is 6.54 Å². The Labute approximate surface area is 172 Å². The fourth-order valence-electron chi connectivity index (χ4n) is 4.02. The third kappa shape index (κ3) is 2.90. The molecule has 0 saturated carbocycles. The largest absolute Gasteiger partial charge is 0.438 e. The van der Waals surface area contributed by atoms with Crippen LogP contribution in [0.2, 0.25) is 5.02 Å². The van der Waals surface area contributed by atoms with Gasteiger partial charge in [0, 0.05) is 23.0 Å². The van der Waals surface area contributed by atoms with Gasteiger partial charge in [0.15, 0.2) is 0 Å². The molecule has 4 aromatic rings. The minimum absolute atomic E-state index is 0.0665. The number of fused-ring (bicyclic) bond motifs is 4. The minimum Gasteiger partial charge on any atom is -0.438 e. The topological polar surface area (TPSA) is 71.1 Å². The third-order valence-corrected chi connectivity index (χ3v) is 5.60. The molecule has 5 rings (SSSR count). The Morgan fingerprint density at radius 2 is 1.83 bits per heavy atom. The zero-order valence-corrected chi connectivity index (χ0v) is 16.2. The Hall–Kier alpha value is -3.15. The molecule has 5 nitrogen and oxygen atoms in total. The van der Waals surface area contributed by atoms with Crippen molar-refractivity contribution in [2.24, 2.45) is 0 Å². The summed E-state index contributed by atoms with van der Waals surface area (Å²) in [4.78, 5) is 4.45. The summed E-state index contributed by atoms with van der Waals surface area (Å²) in [6.07, 6.45) is 1.54. The van der Waals surface area contributed by atoms with E-state index in [0.29, 0.717) is 23.0 Å². The summed E-state index contributed by atoms with van der Waals surface area (Å²) in [5.41, 5.74) is 2.98. The number of aliphatic hydroxyl groups is 1. The lowest BCUT2D eigenvalue weighted by Crippen LogP contribution is -2.30. The number of hydrogen-bond acceptors (Lipinski definition) is 4. The van der Waals surface area contributed by atoms with Crippen molar-refractivity contribution in [2.45, 2.75) is 12.5 Å². The first-order valence-corrected chi connectivity index (χ1v) is 9.75. The molecule has 29 heavy (non-hydrogen) atoms. The molecule has 0 unspecified atom stereocenters. The van der Waals surface area contributed by atoms with Crippen LogP contribution in [-0.4, -0.2) is 21.3 Å². The van der Waals surface area contributed by atoms with Crippen LogP contribution in [0.25, 0.3) is 10.8 Å². The zero-order valence-electron chi connectivity index (χ0n) is 15.5. The summed E-state index contributed by atoms with van der Waals surface area (Å²) in [6.45, 7) is 0.234. The molecule has 2 heterocycles. The highest BCUT2D eigenvalue weighted by molar-refractivity contribution is 6.30. The van der Waals surface area contributed by atoms with Crippen molar-refractivity contribution < 1.29 is 9.84 Å². The van der Waals surface area contributed by atoms with Gasteiger partial charge in [0.25, 0.3) is 0 Å². The van der Waals surface area contributed by atoms with Crippen molar-refractivity contribution in [2.75, 3.05) is 6.61 Å². The van der Waals surface area contributed by atoms with Gasteiger partial charge in [0.1, 0.15) is 17.6 Å². The zero-order chi connectivity index (χ0) is 20.0. The van der Waals surface area contributed by atoms with Crippen LogP contribution in [0.1, 0.15) is 22.6 Å². The van der Waals surface area contributed by atoms with E-state index >= 15 is 0 Å². The maximum atomic E-state index is 9.38. The van der Waals surface area contributed by atoms with Crippen LogP contribution in [0.15, 0.2) is 67.0 Å². The first-order chi connectivity index (χ1) is 14.2. The highest BCUT2D eigenvalue weighted by atomic mass is 35.5. The normalized spacial score (nSPS) is 14.9. The molecule has 3 aromatic carbocycles. The second-order valence-electron chi connectivity index (χ2n) is 7.01. The average Bonchev–Trinajstić information content (AvgIpc) is 2.75. The Morgan fingerprint density at radius 3 is 2.62 bits per heavy atom. The number of hydrogen-bond donors (Lipinski definition) is 2. The Morgan fingerprint density at radius 1 is 1.03 bits per heavy atom. The fourth-order valence-corrected chi connectivity index (χ4v) is 4.15. The molecule has 1 aliphatic rings. The van der Waals surface area contributed by atoms with Gasteiger partial charge in [-0.3, -0.25) is 5.41 Å². The first-order valence-electron chi connectivity index (χ1n) is 9.37. The number of ether oxygens (including phenoxy) is 1. The van der Waals surface area contributed by atoms with Crippen LogP contribution < -0.4 is 10.2 Å². The van der Waals surface area contributed by atoms with E-state index in [2.05, 4.69) is 17.1 Å². The number of nitrogens with zero attached hydrogens (tertiary/aromatic N) is 2. The third-order valence-electron chi connectivity index (χ3n) is 5.35. The van der Waals surface area contributed by atoms with Gasteiger partial charge in [-0.15, -0.1) is 0 Å². The van der Waals surface area contributed by atoms with E-state index in [-0.39, 0.29) is 18.0 Å². The van der Waals surface area contributed by atoms with Crippen LogP contribution in [0.5, 0.6) is 11.6 Å². The number of halogens is 1. The van der Waals surface area contributed by atoms with Gasteiger partial charge in [-0.25, -0.2) is 4.98 Å². The molecule has 6 heteroatoms. The van der Waals surface area contributed by atoms with Crippen molar-refractivity contribution in [1.29, 1.82) is 5.41 Å². The van der Waals surface area contributed by atoms with Gasteiger partial charge in [-0.1, -0.05) is 54.1 Å². The summed E-state index contributed by atoms with van der Waals surface area (Å²) >= 11 is 6.14. The number of nitrogens with one attached hydrogen (secondary N) is 1. The van der Waals surface area contributed by atoms with Gasteiger partial charge in [-0.2, -0.15) is 0 Å². The molecule has 144 valence electrons. The molecule has 0 saturated heterocycles. The van der Waals surface area contributed by atoms with E-state index < -0.39 is 0 Å². The van der Waals surface area contributed by atoms with Gasteiger partial charge in [0.05, 0.1) is 12.2 Å². The lowest BCUT2D eigenvalue weighted by atomic mass is 9.81. The molecular formula is C23H18ClN3O2. The van der Waals surface area contributed by atoms with Gasteiger partial charge < -0.3 is 14.4 Å². The van der Waals surface area contributed by atoms with Crippen LogP contribution in [0, 0.1) is 5.41 Å². The van der Waals surface area contributed by atoms with Crippen LogP contribution in [0.4, 0.5) is 0 Å². The smallest absolute Gasteiger partial charge is 0.228 e. The molecule has 0 aliphatic carbocycles. The van der Waals surface area contributed by atoms with Gasteiger partial charge in [0.2, 0.25) is 5.88 Å². The van der Waals surface area contributed by atoms with Crippen LogP contribution in [0.3, 0.4) is 0 Å². The van der Waals surface area contributed by atoms with Gasteiger partial charge in [-0.05, 0) is 34.5 Å². The van der Waals surface area contributed by atoms with Crippen molar-refractivity contribution >= 4 is 22.4 Å². The molecule has 0 amide bonds. The van der Waals surface area contributed by atoms with E-state index in [1.807, 2.05) is 48.5 Å². The van der Waals surface area contributed by atoms with Crippen molar-refractivity contribution in [3.8, 4) is 11.6 Å².